The molecule has 0 radical (unpaired) electrons. The van der Waals surface area contributed by atoms with E-state index in [0.29, 0.717) is 24.8 Å². The highest BCUT2D eigenvalue weighted by Crippen LogP contribution is 2.36. The van der Waals surface area contributed by atoms with Gasteiger partial charge >= 0.3 is 0 Å². The molecular weight excluding hydrogens is 354 g/mol. The number of hydrogen-bond acceptors (Lipinski definition) is 4. The molecule has 1 unspecified atom stereocenters. The average Bonchev–Trinajstić information content (AvgIpc) is 3.02. The Morgan fingerprint density at radius 2 is 1.79 bits per heavy atom. The van der Waals surface area contributed by atoms with Gasteiger partial charge < -0.3 is 10.6 Å². The number of carbonyl (C=O) groups excluding carboxylic acids is 3. The smallest absolute Gasteiger partial charge is 0.257 e. The van der Waals surface area contributed by atoms with Crippen molar-refractivity contribution in [3.05, 3.63) is 65.9 Å². The van der Waals surface area contributed by atoms with Crippen LogP contribution in [0.1, 0.15) is 37.3 Å². The highest BCUT2D eigenvalue weighted by molar-refractivity contribution is 6.31. The van der Waals surface area contributed by atoms with Crippen LogP contribution in [0.5, 0.6) is 0 Å². The summed E-state index contributed by atoms with van der Waals surface area (Å²) in [6, 6.07) is 15.1. The molecule has 2 aliphatic rings. The number of anilines is 2. The second-order valence-electron chi connectivity index (χ2n) is 7.09. The first-order valence-electron chi connectivity index (χ1n) is 9.36. The lowest BCUT2D eigenvalue weighted by Crippen LogP contribution is -2.51. The molecule has 0 saturated carbocycles. The molecule has 28 heavy (non-hydrogen) atoms. The van der Waals surface area contributed by atoms with E-state index in [1.54, 1.807) is 6.20 Å². The standard InChI is InChI=1S/C22H21N3O3/c1-2-22(12-11-19(26)25-21(22)28)14-7-9-15(10-8-14)23-13-17-16-5-3-4-6-18(16)24-20(17)27/h3-10,13,23H,2,11-12H2,1H3,(H,24,27)(H,25,26,28). The predicted molar refractivity (Wildman–Crippen MR) is 107 cm³/mol. The molecule has 1 atom stereocenters. The fraction of sp³-hybridized carbons (Fsp3) is 0.227. The molecule has 6 nitrogen and oxygen atoms in total. The van der Waals surface area contributed by atoms with Crippen LogP contribution in [0, 0.1) is 0 Å². The first-order valence-corrected chi connectivity index (χ1v) is 9.36. The number of hydrogen-bond donors (Lipinski definition) is 3. The number of para-hydroxylation sites is 1. The van der Waals surface area contributed by atoms with Gasteiger partial charge in [-0.2, -0.15) is 0 Å². The van der Waals surface area contributed by atoms with Crippen molar-refractivity contribution in [3.8, 4) is 0 Å². The number of rotatable bonds is 4. The summed E-state index contributed by atoms with van der Waals surface area (Å²) in [5.74, 6) is -0.582. The van der Waals surface area contributed by atoms with E-state index in [2.05, 4.69) is 16.0 Å². The molecule has 2 aromatic carbocycles. The van der Waals surface area contributed by atoms with Crippen LogP contribution < -0.4 is 16.0 Å². The van der Waals surface area contributed by atoms with Gasteiger partial charge in [-0.05, 0) is 36.6 Å². The van der Waals surface area contributed by atoms with Crippen molar-refractivity contribution in [2.24, 2.45) is 0 Å². The van der Waals surface area contributed by atoms with Crippen molar-refractivity contribution in [2.75, 3.05) is 10.6 Å². The quantitative estimate of drug-likeness (QED) is 0.566. The van der Waals surface area contributed by atoms with Crippen LogP contribution in [0.25, 0.3) is 5.57 Å². The number of nitrogens with one attached hydrogen (secondary N) is 3. The van der Waals surface area contributed by atoms with Gasteiger partial charge in [0.05, 0.1) is 11.0 Å². The predicted octanol–water partition coefficient (Wildman–Crippen LogP) is 3.18. The van der Waals surface area contributed by atoms with Crippen molar-refractivity contribution in [1.29, 1.82) is 0 Å². The van der Waals surface area contributed by atoms with E-state index >= 15 is 0 Å². The number of amides is 3. The van der Waals surface area contributed by atoms with Gasteiger partial charge in [-0.1, -0.05) is 37.3 Å². The van der Waals surface area contributed by atoms with Gasteiger partial charge in [0, 0.05) is 29.6 Å². The summed E-state index contributed by atoms with van der Waals surface area (Å²) < 4.78 is 0. The van der Waals surface area contributed by atoms with Crippen LogP contribution in [0.4, 0.5) is 11.4 Å². The lowest BCUT2D eigenvalue weighted by Gasteiger charge is -2.35. The van der Waals surface area contributed by atoms with E-state index < -0.39 is 5.41 Å². The number of piperidine rings is 1. The molecule has 6 heteroatoms. The van der Waals surface area contributed by atoms with Gasteiger partial charge in [0.15, 0.2) is 0 Å². The van der Waals surface area contributed by atoms with Crippen LogP contribution in [0.2, 0.25) is 0 Å². The Labute approximate surface area is 163 Å². The normalized spacial score (nSPS) is 22.6. The highest BCUT2D eigenvalue weighted by Gasteiger charge is 2.42. The van der Waals surface area contributed by atoms with Gasteiger partial charge in [0.1, 0.15) is 0 Å². The molecule has 0 aromatic heterocycles. The van der Waals surface area contributed by atoms with Crippen molar-refractivity contribution in [2.45, 2.75) is 31.6 Å². The molecule has 0 spiro atoms. The third-order valence-electron chi connectivity index (χ3n) is 5.60. The minimum atomic E-state index is -0.671. The molecule has 2 heterocycles. The third-order valence-corrected chi connectivity index (χ3v) is 5.60. The fourth-order valence-corrected chi connectivity index (χ4v) is 3.89. The van der Waals surface area contributed by atoms with E-state index in [9.17, 15) is 14.4 Å². The van der Waals surface area contributed by atoms with E-state index in [1.165, 1.54) is 0 Å². The van der Waals surface area contributed by atoms with Gasteiger partial charge in [0.25, 0.3) is 5.91 Å². The molecular formula is C22H21N3O3. The Morgan fingerprint density at radius 3 is 2.50 bits per heavy atom. The lowest BCUT2D eigenvalue weighted by molar-refractivity contribution is -0.138. The summed E-state index contributed by atoms with van der Waals surface area (Å²) in [6.45, 7) is 1.96. The molecule has 0 aliphatic carbocycles. The van der Waals surface area contributed by atoms with Crippen LogP contribution in [-0.4, -0.2) is 17.7 Å². The Bertz CT molecular complexity index is 994. The summed E-state index contributed by atoms with van der Waals surface area (Å²) in [4.78, 5) is 36.2. The molecule has 2 aromatic rings. The maximum atomic E-state index is 12.5. The number of imide groups is 1. The van der Waals surface area contributed by atoms with Crippen molar-refractivity contribution in [1.82, 2.24) is 5.32 Å². The second kappa shape index (κ2) is 6.96. The monoisotopic (exact) mass is 375 g/mol. The van der Waals surface area contributed by atoms with Gasteiger partial charge in [-0.15, -0.1) is 0 Å². The van der Waals surface area contributed by atoms with E-state index in [4.69, 9.17) is 0 Å². The zero-order chi connectivity index (χ0) is 19.7. The molecule has 3 amide bonds. The van der Waals surface area contributed by atoms with Crippen LogP contribution in [0.3, 0.4) is 0 Å². The van der Waals surface area contributed by atoms with Gasteiger partial charge in [0.2, 0.25) is 11.8 Å². The summed E-state index contributed by atoms with van der Waals surface area (Å²) in [7, 11) is 0. The topological polar surface area (TPSA) is 87.3 Å². The Kier molecular flexibility index (Phi) is 4.47. The van der Waals surface area contributed by atoms with E-state index in [-0.39, 0.29) is 17.7 Å². The average molecular weight is 375 g/mol. The maximum absolute atomic E-state index is 12.5. The maximum Gasteiger partial charge on any atom is 0.257 e. The summed E-state index contributed by atoms with van der Waals surface area (Å²) in [6.07, 6.45) is 3.18. The van der Waals surface area contributed by atoms with Crippen LogP contribution in [-0.2, 0) is 19.8 Å². The third kappa shape index (κ3) is 2.97. The molecule has 1 saturated heterocycles. The Balaban J connectivity index is 1.55. The zero-order valence-electron chi connectivity index (χ0n) is 15.5. The molecule has 1 fully saturated rings. The molecule has 0 bridgehead atoms. The van der Waals surface area contributed by atoms with Crippen LogP contribution >= 0.6 is 0 Å². The summed E-state index contributed by atoms with van der Waals surface area (Å²) in [5.41, 5.74) is 3.28. The van der Waals surface area contributed by atoms with Crippen LogP contribution in [0.15, 0.2) is 54.7 Å². The van der Waals surface area contributed by atoms with Crippen molar-refractivity contribution >= 4 is 34.7 Å². The number of carbonyl (C=O) groups is 3. The van der Waals surface area contributed by atoms with Crippen molar-refractivity contribution in [3.63, 3.8) is 0 Å². The number of fused-ring (bicyclic) bond motifs is 1. The summed E-state index contributed by atoms with van der Waals surface area (Å²) >= 11 is 0. The minimum Gasteiger partial charge on any atom is -0.361 e. The zero-order valence-corrected chi connectivity index (χ0v) is 15.5. The molecule has 4 rings (SSSR count). The Hall–Kier alpha value is -3.41. The SMILES string of the molecule is CCC1(c2ccc(NC=C3C(=O)Nc4ccccc43)cc2)CCC(=O)NC1=O. The van der Waals surface area contributed by atoms with Crippen molar-refractivity contribution < 1.29 is 14.4 Å². The molecule has 142 valence electrons. The molecule has 2 aliphatic heterocycles. The summed E-state index contributed by atoms with van der Waals surface area (Å²) in [5, 5.41) is 8.46. The minimum absolute atomic E-state index is 0.140. The lowest BCUT2D eigenvalue weighted by atomic mass is 9.72. The molecule has 3 N–H and O–H groups in total. The fourth-order valence-electron chi connectivity index (χ4n) is 3.89. The largest absolute Gasteiger partial charge is 0.361 e. The van der Waals surface area contributed by atoms with Gasteiger partial charge in [-0.3, -0.25) is 19.7 Å². The number of benzene rings is 2. The Morgan fingerprint density at radius 1 is 1.04 bits per heavy atom. The van der Waals surface area contributed by atoms with E-state index in [1.807, 2.05) is 55.5 Å². The first-order chi connectivity index (χ1) is 13.5. The second-order valence-corrected chi connectivity index (χ2v) is 7.09. The van der Waals surface area contributed by atoms with Gasteiger partial charge in [-0.25, -0.2) is 0 Å². The highest BCUT2D eigenvalue weighted by atomic mass is 16.2. The first kappa shape index (κ1) is 18.0. The van der Waals surface area contributed by atoms with E-state index in [0.717, 1.165) is 22.5 Å².